The topological polar surface area (TPSA) is 48.7 Å². The molecule has 0 saturated carbocycles. The fourth-order valence-corrected chi connectivity index (χ4v) is 1.92. The first-order chi connectivity index (χ1) is 8.19. The van der Waals surface area contributed by atoms with E-state index in [0.717, 1.165) is 21.5 Å². The molecule has 0 aliphatic rings. The first-order valence-electron chi connectivity index (χ1n) is 5.08. The number of pyridine rings is 1. The Labute approximate surface area is 108 Å². The standard InChI is InChI=1S/C13H10BrN3/c1-9-5-11(14)8-16-13(9)17-12-4-2-3-10(6-12)7-15/h2-6,8H,1H3,(H,16,17). The van der Waals surface area contributed by atoms with Crippen molar-refractivity contribution in [2.75, 3.05) is 5.32 Å². The molecule has 0 saturated heterocycles. The third-order valence-electron chi connectivity index (χ3n) is 2.30. The van der Waals surface area contributed by atoms with E-state index in [1.165, 1.54) is 0 Å². The summed E-state index contributed by atoms with van der Waals surface area (Å²) in [6.07, 6.45) is 1.74. The molecule has 0 radical (unpaired) electrons. The van der Waals surface area contributed by atoms with Crippen LogP contribution in [0.25, 0.3) is 0 Å². The van der Waals surface area contributed by atoms with Crippen molar-refractivity contribution in [3.05, 3.63) is 52.1 Å². The zero-order valence-electron chi connectivity index (χ0n) is 9.24. The number of rotatable bonds is 2. The maximum Gasteiger partial charge on any atom is 0.133 e. The third kappa shape index (κ3) is 2.83. The molecule has 0 amide bonds. The van der Waals surface area contributed by atoms with Gasteiger partial charge in [-0.2, -0.15) is 5.26 Å². The first kappa shape index (κ1) is 11.6. The molecular weight excluding hydrogens is 278 g/mol. The van der Waals surface area contributed by atoms with Crippen LogP contribution in [0.15, 0.2) is 41.0 Å². The van der Waals surface area contributed by atoms with Crippen molar-refractivity contribution in [2.24, 2.45) is 0 Å². The van der Waals surface area contributed by atoms with Crippen LogP contribution < -0.4 is 5.32 Å². The van der Waals surface area contributed by atoms with Crippen molar-refractivity contribution in [1.82, 2.24) is 4.98 Å². The third-order valence-corrected chi connectivity index (χ3v) is 2.73. The van der Waals surface area contributed by atoms with Gasteiger partial charge in [-0.15, -0.1) is 0 Å². The SMILES string of the molecule is Cc1cc(Br)cnc1Nc1cccc(C#N)c1. The van der Waals surface area contributed by atoms with E-state index in [1.54, 1.807) is 18.3 Å². The normalized spacial score (nSPS) is 9.71. The minimum atomic E-state index is 0.629. The lowest BCUT2D eigenvalue weighted by Gasteiger charge is -2.08. The molecule has 17 heavy (non-hydrogen) atoms. The Bertz CT molecular complexity index is 587. The molecule has 84 valence electrons. The molecule has 0 aliphatic carbocycles. The van der Waals surface area contributed by atoms with Crippen LogP contribution in [0, 0.1) is 18.3 Å². The smallest absolute Gasteiger partial charge is 0.133 e. The summed E-state index contributed by atoms with van der Waals surface area (Å²) in [5, 5.41) is 12.0. The summed E-state index contributed by atoms with van der Waals surface area (Å²) < 4.78 is 0.950. The van der Waals surface area contributed by atoms with Crippen LogP contribution in [0.4, 0.5) is 11.5 Å². The first-order valence-corrected chi connectivity index (χ1v) is 5.87. The molecule has 0 spiro atoms. The lowest BCUT2D eigenvalue weighted by molar-refractivity contribution is 1.24. The maximum atomic E-state index is 8.82. The number of hydrogen-bond donors (Lipinski definition) is 1. The lowest BCUT2D eigenvalue weighted by Crippen LogP contribution is -1.96. The highest BCUT2D eigenvalue weighted by atomic mass is 79.9. The van der Waals surface area contributed by atoms with Gasteiger partial charge in [-0.3, -0.25) is 0 Å². The van der Waals surface area contributed by atoms with E-state index >= 15 is 0 Å². The quantitative estimate of drug-likeness (QED) is 0.915. The fraction of sp³-hybridized carbons (Fsp3) is 0.0769. The van der Waals surface area contributed by atoms with Crippen LogP contribution in [0.2, 0.25) is 0 Å². The highest BCUT2D eigenvalue weighted by molar-refractivity contribution is 9.10. The number of benzene rings is 1. The van der Waals surface area contributed by atoms with E-state index in [4.69, 9.17) is 5.26 Å². The van der Waals surface area contributed by atoms with Crippen molar-refractivity contribution in [1.29, 1.82) is 5.26 Å². The molecular formula is C13H10BrN3. The number of aromatic nitrogens is 1. The Balaban J connectivity index is 2.28. The Morgan fingerprint density at radius 3 is 2.88 bits per heavy atom. The van der Waals surface area contributed by atoms with Crippen LogP contribution in [-0.4, -0.2) is 4.98 Å². The Kier molecular flexibility index (Phi) is 3.40. The molecule has 0 bridgehead atoms. The number of nitrogens with one attached hydrogen (secondary N) is 1. The van der Waals surface area contributed by atoms with Crippen LogP contribution in [-0.2, 0) is 0 Å². The average molecular weight is 288 g/mol. The second-order valence-electron chi connectivity index (χ2n) is 3.64. The molecule has 1 heterocycles. The van der Waals surface area contributed by atoms with E-state index in [2.05, 4.69) is 32.3 Å². The van der Waals surface area contributed by atoms with Gasteiger partial charge < -0.3 is 5.32 Å². The molecule has 0 aliphatic heterocycles. The van der Waals surface area contributed by atoms with Gasteiger partial charge in [0, 0.05) is 16.4 Å². The molecule has 1 aromatic heterocycles. The predicted molar refractivity (Wildman–Crippen MR) is 71.1 cm³/mol. The molecule has 0 atom stereocenters. The maximum absolute atomic E-state index is 8.82. The molecule has 1 N–H and O–H groups in total. The molecule has 3 nitrogen and oxygen atoms in total. The summed E-state index contributed by atoms with van der Waals surface area (Å²) in [4.78, 5) is 4.29. The summed E-state index contributed by atoms with van der Waals surface area (Å²) in [6, 6.07) is 11.4. The second-order valence-corrected chi connectivity index (χ2v) is 4.55. The minimum Gasteiger partial charge on any atom is -0.340 e. The van der Waals surface area contributed by atoms with Gasteiger partial charge in [0.15, 0.2) is 0 Å². The van der Waals surface area contributed by atoms with Gasteiger partial charge in [0.05, 0.1) is 11.6 Å². The van der Waals surface area contributed by atoms with E-state index in [1.807, 2.05) is 25.1 Å². The van der Waals surface area contributed by atoms with E-state index in [-0.39, 0.29) is 0 Å². The van der Waals surface area contributed by atoms with Gasteiger partial charge in [-0.25, -0.2) is 4.98 Å². The van der Waals surface area contributed by atoms with Gasteiger partial charge in [0.1, 0.15) is 5.82 Å². The molecule has 1 aromatic carbocycles. The van der Waals surface area contributed by atoms with E-state index in [9.17, 15) is 0 Å². The zero-order valence-corrected chi connectivity index (χ0v) is 10.8. The molecule has 0 unspecified atom stereocenters. The molecule has 0 fully saturated rings. The van der Waals surface area contributed by atoms with Crippen molar-refractivity contribution < 1.29 is 0 Å². The van der Waals surface area contributed by atoms with Gasteiger partial charge >= 0.3 is 0 Å². The zero-order chi connectivity index (χ0) is 12.3. The Hall–Kier alpha value is -1.86. The summed E-state index contributed by atoms with van der Waals surface area (Å²) in [7, 11) is 0. The highest BCUT2D eigenvalue weighted by Gasteiger charge is 2.01. The number of halogens is 1. The number of anilines is 2. The molecule has 2 rings (SSSR count). The summed E-state index contributed by atoms with van der Waals surface area (Å²) in [6.45, 7) is 1.98. The van der Waals surface area contributed by atoms with Gasteiger partial charge in [-0.05, 0) is 52.7 Å². The Morgan fingerprint density at radius 2 is 2.18 bits per heavy atom. The Morgan fingerprint density at radius 1 is 1.35 bits per heavy atom. The van der Waals surface area contributed by atoms with Crippen molar-refractivity contribution in [2.45, 2.75) is 6.92 Å². The van der Waals surface area contributed by atoms with Crippen LogP contribution >= 0.6 is 15.9 Å². The van der Waals surface area contributed by atoms with Crippen LogP contribution in [0.5, 0.6) is 0 Å². The van der Waals surface area contributed by atoms with E-state index in [0.29, 0.717) is 5.56 Å². The monoisotopic (exact) mass is 287 g/mol. The number of aryl methyl sites for hydroxylation is 1. The van der Waals surface area contributed by atoms with Gasteiger partial charge in [-0.1, -0.05) is 6.07 Å². The van der Waals surface area contributed by atoms with Gasteiger partial charge in [0.2, 0.25) is 0 Å². The lowest BCUT2D eigenvalue weighted by atomic mass is 10.2. The predicted octanol–water partition coefficient (Wildman–Crippen LogP) is 3.77. The highest BCUT2D eigenvalue weighted by Crippen LogP contribution is 2.21. The number of hydrogen-bond acceptors (Lipinski definition) is 3. The van der Waals surface area contributed by atoms with Crippen molar-refractivity contribution in [3.63, 3.8) is 0 Å². The fourth-order valence-electron chi connectivity index (χ4n) is 1.47. The largest absolute Gasteiger partial charge is 0.340 e. The minimum absolute atomic E-state index is 0.629. The van der Waals surface area contributed by atoms with Crippen molar-refractivity contribution in [3.8, 4) is 6.07 Å². The summed E-state index contributed by atoms with van der Waals surface area (Å²) in [5.41, 5.74) is 2.54. The van der Waals surface area contributed by atoms with E-state index < -0.39 is 0 Å². The summed E-state index contributed by atoms with van der Waals surface area (Å²) >= 11 is 3.37. The molecule has 2 aromatic rings. The number of nitriles is 1. The molecule has 4 heteroatoms. The van der Waals surface area contributed by atoms with Crippen LogP contribution in [0.1, 0.15) is 11.1 Å². The van der Waals surface area contributed by atoms with Crippen LogP contribution in [0.3, 0.4) is 0 Å². The number of nitrogens with zero attached hydrogens (tertiary/aromatic N) is 2. The average Bonchev–Trinajstić information content (AvgIpc) is 2.33. The van der Waals surface area contributed by atoms with Crippen molar-refractivity contribution >= 4 is 27.4 Å². The second kappa shape index (κ2) is 4.98. The summed E-state index contributed by atoms with van der Waals surface area (Å²) in [5.74, 6) is 0.795. The van der Waals surface area contributed by atoms with Gasteiger partial charge in [0.25, 0.3) is 0 Å².